The highest BCUT2D eigenvalue weighted by atomic mass is 32.1. The average molecular weight is 231 g/mol. The van der Waals surface area contributed by atoms with Crippen LogP contribution >= 0.6 is 11.3 Å². The summed E-state index contributed by atoms with van der Waals surface area (Å²) in [4.78, 5) is 0. The van der Waals surface area contributed by atoms with Crippen LogP contribution in [-0.2, 0) is 18.0 Å². The van der Waals surface area contributed by atoms with Crippen molar-refractivity contribution in [2.45, 2.75) is 19.3 Å². The van der Waals surface area contributed by atoms with Gasteiger partial charge in [-0.05, 0) is 39.1 Å². The number of hydrogen-bond acceptors (Lipinski definition) is 3. The lowest BCUT2D eigenvalue weighted by Gasteiger charge is -2.11. The summed E-state index contributed by atoms with van der Waals surface area (Å²) in [6, 6.07) is 8.47. The van der Waals surface area contributed by atoms with Crippen LogP contribution in [0.15, 0.2) is 35.0 Å². The van der Waals surface area contributed by atoms with Gasteiger partial charge < -0.3 is 10.5 Å². The summed E-state index contributed by atoms with van der Waals surface area (Å²) in [6.45, 7) is 1.46. The maximum absolute atomic E-state index is 6.22. The molecule has 0 fully saturated rings. The Hall–Kier alpha value is -1.16. The van der Waals surface area contributed by atoms with E-state index in [0.29, 0.717) is 0 Å². The molecule has 2 nitrogen and oxygen atoms in total. The fraction of sp³-hybridized carbons (Fsp3) is 0.231. The number of nitrogens with two attached hydrogens (primary N) is 1. The smallest absolute Gasteiger partial charge is 0.0725 e. The Morgan fingerprint density at radius 2 is 2.00 bits per heavy atom. The van der Waals surface area contributed by atoms with Gasteiger partial charge in [-0.15, -0.1) is 0 Å². The van der Waals surface area contributed by atoms with Crippen molar-refractivity contribution in [1.82, 2.24) is 0 Å². The molecule has 0 radical (unpaired) electrons. The monoisotopic (exact) mass is 231 g/mol. The zero-order chi connectivity index (χ0) is 11.0. The van der Waals surface area contributed by atoms with E-state index in [2.05, 4.69) is 35.0 Å². The third-order valence-electron chi connectivity index (χ3n) is 3.01. The molecule has 2 N–H and O–H groups in total. The van der Waals surface area contributed by atoms with Crippen LogP contribution in [0.3, 0.4) is 0 Å². The summed E-state index contributed by atoms with van der Waals surface area (Å²) in [5.74, 6) is 0. The van der Waals surface area contributed by atoms with E-state index in [9.17, 15) is 0 Å². The Labute approximate surface area is 98.7 Å². The molecular formula is C13H13NOS. The second-order valence-corrected chi connectivity index (χ2v) is 4.84. The third-order valence-corrected chi connectivity index (χ3v) is 3.71. The van der Waals surface area contributed by atoms with Gasteiger partial charge in [0.05, 0.1) is 19.3 Å². The summed E-state index contributed by atoms with van der Waals surface area (Å²) in [6.07, 6.45) is 0. The van der Waals surface area contributed by atoms with Crippen LogP contribution < -0.4 is 5.73 Å². The van der Waals surface area contributed by atoms with E-state index in [1.54, 1.807) is 11.3 Å². The van der Waals surface area contributed by atoms with E-state index in [-0.39, 0.29) is 6.04 Å². The molecule has 2 heterocycles. The molecule has 0 amide bonds. The first-order chi connectivity index (χ1) is 7.84. The van der Waals surface area contributed by atoms with E-state index in [4.69, 9.17) is 10.5 Å². The highest BCUT2D eigenvalue weighted by Crippen LogP contribution is 2.26. The van der Waals surface area contributed by atoms with Crippen LogP contribution in [0.2, 0.25) is 0 Å². The molecule has 2 aromatic rings. The Morgan fingerprint density at radius 1 is 1.12 bits per heavy atom. The Kier molecular flexibility index (Phi) is 2.52. The lowest BCUT2D eigenvalue weighted by atomic mass is 9.98. The largest absolute Gasteiger partial charge is 0.372 e. The third kappa shape index (κ3) is 1.67. The van der Waals surface area contributed by atoms with Crippen LogP contribution in [-0.4, -0.2) is 0 Å². The van der Waals surface area contributed by atoms with E-state index in [0.717, 1.165) is 13.2 Å². The standard InChI is InChI=1S/C13H13NOS/c14-13(11-3-4-16-8-11)9-1-2-10-6-15-7-12(10)5-9/h1-5,8,13H,6-7,14H2. The van der Waals surface area contributed by atoms with Crippen molar-refractivity contribution in [1.29, 1.82) is 0 Å². The van der Waals surface area contributed by atoms with Gasteiger partial charge in [-0.3, -0.25) is 0 Å². The number of hydrogen-bond donors (Lipinski definition) is 1. The Morgan fingerprint density at radius 3 is 2.81 bits per heavy atom. The predicted octanol–water partition coefficient (Wildman–Crippen LogP) is 2.83. The fourth-order valence-corrected chi connectivity index (χ4v) is 2.73. The molecule has 1 unspecified atom stereocenters. The van der Waals surface area contributed by atoms with E-state index in [1.165, 1.54) is 22.3 Å². The van der Waals surface area contributed by atoms with Crippen molar-refractivity contribution in [3.63, 3.8) is 0 Å². The number of rotatable bonds is 2. The van der Waals surface area contributed by atoms with Gasteiger partial charge in [-0.25, -0.2) is 0 Å². The molecule has 0 spiro atoms. The summed E-state index contributed by atoms with van der Waals surface area (Å²) in [5.41, 5.74) is 11.1. The van der Waals surface area contributed by atoms with E-state index in [1.807, 2.05) is 0 Å². The van der Waals surface area contributed by atoms with Gasteiger partial charge in [0.15, 0.2) is 0 Å². The maximum atomic E-state index is 6.22. The number of fused-ring (bicyclic) bond motifs is 1. The number of benzene rings is 1. The molecule has 3 rings (SSSR count). The van der Waals surface area contributed by atoms with Crippen molar-refractivity contribution in [3.8, 4) is 0 Å². The molecule has 1 aromatic heterocycles. The summed E-state index contributed by atoms with van der Waals surface area (Å²) >= 11 is 1.68. The van der Waals surface area contributed by atoms with E-state index >= 15 is 0 Å². The fourth-order valence-electron chi connectivity index (χ4n) is 2.03. The van der Waals surface area contributed by atoms with Crippen molar-refractivity contribution in [2.75, 3.05) is 0 Å². The molecule has 1 atom stereocenters. The SMILES string of the molecule is NC(c1ccsc1)c1ccc2c(c1)COC2. The minimum atomic E-state index is -0.0165. The van der Waals surface area contributed by atoms with Crippen LogP contribution in [0, 0.1) is 0 Å². The molecule has 1 aliphatic heterocycles. The molecule has 0 saturated heterocycles. The van der Waals surface area contributed by atoms with Gasteiger partial charge in [-0.1, -0.05) is 18.2 Å². The van der Waals surface area contributed by atoms with Crippen molar-refractivity contribution < 1.29 is 4.74 Å². The van der Waals surface area contributed by atoms with Gasteiger partial charge in [0.2, 0.25) is 0 Å². The van der Waals surface area contributed by atoms with Crippen LogP contribution in [0.1, 0.15) is 28.3 Å². The first-order valence-electron chi connectivity index (χ1n) is 5.32. The normalized spacial score (nSPS) is 16.1. The first-order valence-corrected chi connectivity index (χ1v) is 6.26. The quantitative estimate of drug-likeness (QED) is 0.862. The van der Waals surface area contributed by atoms with Crippen molar-refractivity contribution >= 4 is 11.3 Å². The van der Waals surface area contributed by atoms with Gasteiger partial charge in [-0.2, -0.15) is 11.3 Å². The molecule has 16 heavy (non-hydrogen) atoms. The highest BCUT2D eigenvalue weighted by Gasteiger charge is 2.15. The molecule has 0 saturated carbocycles. The average Bonchev–Trinajstić information content (AvgIpc) is 2.98. The van der Waals surface area contributed by atoms with Gasteiger partial charge in [0.25, 0.3) is 0 Å². The lowest BCUT2D eigenvalue weighted by molar-refractivity contribution is 0.134. The van der Waals surface area contributed by atoms with Gasteiger partial charge in [0.1, 0.15) is 0 Å². The first kappa shape index (κ1) is 10.0. The summed E-state index contributed by atoms with van der Waals surface area (Å²) < 4.78 is 5.40. The molecular weight excluding hydrogens is 218 g/mol. The molecule has 82 valence electrons. The van der Waals surface area contributed by atoms with Gasteiger partial charge >= 0.3 is 0 Å². The zero-order valence-electron chi connectivity index (χ0n) is 8.85. The summed E-state index contributed by atoms with van der Waals surface area (Å²) in [5, 5.41) is 4.17. The van der Waals surface area contributed by atoms with Crippen LogP contribution in [0.25, 0.3) is 0 Å². The van der Waals surface area contributed by atoms with Crippen molar-refractivity contribution in [3.05, 3.63) is 57.3 Å². The topological polar surface area (TPSA) is 35.2 Å². The molecule has 1 aromatic carbocycles. The van der Waals surface area contributed by atoms with E-state index < -0.39 is 0 Å². The minimum absolute atomic E-state index is 0.0165. The van der Waals surface area contributed by atoms with Crippen molar-refractivity contribution in [2.24, 2.45) is 5.73 Å². The second kappa shape index (κ2) is 4.01. The molecule has 0 bridgehead atoms. The van der Waals surface area contributed by atoms with Gasteiger partial charge in [0, 0.05) is 0 Å². The minimum Gasteiger partial charge on any atom is -0.372 e. The Bertz CT molecular complexity index is 493. The molecule has 3 heteroatoms. The predicted molar refractivity (Wildman–Crippen MR) is 65.3 cm³/mol. The Balaban J connectivity index is 1.95. The van der Waals surface area contributed by atoms with Crippen LogP contribution in [0.5, 0.6) is 0 Å². The summed E-state index contributed by atoms with van der Waals surface area (Å²) in [7, 11) is 0. The lowest BCUT2D eigenvalue weighted by Crippen LogP contribution is -2.11. The number of ether oxygens (including phenoxy) is 1. The maximum Gasteiger partial charge on any atom is 0.0725 e. The molecule has 0 aliphatic carbocycles. The zero-order valence-corrected chi connectivity index (χ0v) is 9.67. The highest BCUT2D eigenvalue weighted by molar-refractivity contribution is 7.08. The second-order valence-electron chi connectivity index (χ2n) is 4.06. The van der Waals surface area contributed by atoms with Crippen LogP contribution in [0.4, 0.5) is 0 Å². The molecule has 1 aliphatic rings. The number of thiophene rings is 1.